The summed E-state index contributed by atoms with van der Waals surface area (Å²) >= 11 is 1.52. The van der Waals surface area contributed by atoms with Crippen molar-refractivity contribution < 1.29 is 4.79 Å². The molecule has 0 unspecified atom stereocenters. The number of nitrogens with zero attached hydrogens (tertiary/aromatic N) is 1. The number of benzene rings is 1. The standard InChI is InChI=1S/C19H24N2OS/c22-18(20-16-9-4-2-1-3-5-10-16)14-23-19-13-12-15-8-6-7-11-17(15)21-19/h6-8,11-13,16H,1-5,9-10,14H2,(H,20,22). The van der Waals surface area contributed by atoms with Crippen molar-refractivity contribution in [3.05, 3.63) is 36.4 Å². The number of nitrogens with one attached hydrogen (secondary N) is 1. The fraction of sp³-hybridized carbons (Fsp3) is 0.474. The molecule has 3 nitrogen and oxygen atoms in total. The average Bonchev–Trinajstić information content (AvgIpc) is 2.55. The van der Waals surface area contributed by atoms with Crippen LogP contribution in [-0.4, -0.2) is 22.7 Å². The minimum absolute atomic E-state index is 0.135. The van der Waals surface area contributed by atoms with Gasteiger partial charge in [-0.15, -0.1) is 0 Å². The normalized spacial score (nSPS) is 16.7. The Kier molecular flexibility index (Phi) is 5.92. The zero-order chi connectivity index (χ0) is 15.9. The van der Waals surface area contributed by atoms with Crippen LogP contribution in [0.25, 0.3) is 10.9 Å². The van der Waals surface area contributed by atoms with E-state index in [2.05, 4.69) is 22.4 Å². The maximum atomic E-state index is 12.2. The van der Waals surface area contributed by atoms with Crippen LogP contribution in [0.15, 0.2) is 41.4 Å². The third kappa shape index (κ3) is 4.96. The second kappa shape index (κ2) is 8.34. The van der Waals surface area contributed by atoms with Gasteiger partial charge in [0, 0.05) is 11.4 Å². The molecule has 2 aromatic rings. The zero-order valence-corrected chi connectivity index (χ0v) is 14.3. The molecule has 1 aliphatic rings. The minimum atomic E-state index is 0.135. The topological polar surface area (TPSA) is 42.0 Å². The Morgan fingerprint density at radius 2 is 1.78 bits per heavy atom. The average molecular weight is 328 g/mol. The highest BCUT2D eigenvalue weighted by atomic mass is 32.2. The molecule has 3 rings (SSSR count). The number of rotatable bonds is 4. The Hall–Kier alpha value is -1.55. The summed E-state index contributed by atoms with van der Waals surface area (Å²) in [6.07, 6.45) is 8.71. The van der Waals surface area contributed by atoms with Crippen molar-refractivity contribution in [2.75, 3.05) is 5.75 Å². The molecule has 1 saturated carbocycles. The van der Waals surface area contributed by atoms with E-state index in [1.807, 2.05) is 24.3 Å². The number of pyridine rings is 1. The summed E-state index contributed by atoms with van der Waals surface area (Å²) in [4.78, 5) is 16.8. The molecule has 1 aromatic heterocycles. The summed E-state index contributed by atoms with van der Waals surface area (Å²) in [5, 5.41) is 5.25. The van der Waals surface area contributed by atoms with Crippen LogP contribution < -0.4 is 5.32 Å². The summed E-state index contributed by atoms with van der Waals surface area (Å²) in [5.41, 5.74) is 0.984. The number of para-hydroxylation sites is 1. The third-order valence-corrected chi connectivity index (χ3v) is 5.32. The maximum Gasteiger partial charge on any atom is 0.230 e. The smallest absolute Gasteiger partial charge is 0.230 e. The second-order valence-corrected chi connectivity index (χ2v) is 7.24. The van der Waals surface area contributed by atoms with Gasteiger partial charge in [-0.2, -0.15) is 0 Å². The van der Waals surface area contributed by atoms with E-state index in [0.29, 0.717) is 11.8 Å². The molecule has 23 heavy (non-hydrogen) atoms. The predicted octanol–water partition coefficient (Wildman–Crippen LogP) is 4.56. The van der Waals surface area contributed by atoms with Crippen LogP contribution in [0.1, 0.15) is 44.9 Å². The molecule has 0 aliphatic heterocycles. The zero-order valence-electron chi connectivity index (χ0n) is 13.5. The maximum absolute atomic E-state index is 12.2. The van der Waals surface area contributed by atoms with Crippen molar-refractivity contribution in [3.63, 3.8) is 0 Å². The molecular formula is C19H24N2OS. The van der Waals surface area contributed by atoms with E-state index < -0.39 is 0 Å². The van der Waals surface area contributed by atoms with E-state index in [-0.39, 0.29) is 5.91 Å². The number of thioether (sulfide) groups is 1. The lowest BCUT2D eigenvalue weighted by molar-refractivity contribution is -0.119. The van der Waals surface area contributed by atoms with Gasteiger partial charge in [-0.25, -0.2) is 4.98 Å². The van der Waals surface area contributed by atoms with E-state index in [0.717, 1.165) is 28.8 Å². The number of carbonyl (C=O) groups excluding carboxylic acids is 1. The summed E-state index contributed by atoms with van der Waals surface area (Å²) in [7, 11) is 0. The van der Waals surface area contributed by atoms with Crippen LogP contribution in [0.5, 0.6) is 0 Å². The molecule has 1 N–H and O–H groups in total. The number of carbonyl (C=O) groups is 1. The largest absolute Gasteiger partial charge is 0.353 e. The van der Waals surface area contributed by atoms with Gasteiger partial charge in [-0.3, -0.25) is 4.79 Å². The summed E-state index contributed by atoms with van der Waals surface area (Å²) in [6.45, 7) is 0. The summed E-state index contributed by atoms with van der Waals surface area (Å²) in [5.74, 6) is 0.581. The third-order valence-electron chi connectivity index (χ3n) is 4.39. The van der Waals surface area contributed by atoms with Crippen LogP contribution >= 0.6 is 11.8 Å². The highest BCUT2D eigenvalue weighted by Crippen LogP contribution is 2.20. The highest BCUT2D eigenvalue weighted by molar-refractivity contribution is 7.99. The Morgan fingerprint density at radius 1 is 1.04 bits per heavy atom. The predicted molar refractivity (Wildman–Crippen MR) is 96.7 cm³/mol. The summed E-state index contributed by atoms with van der Waals surface area (Å²) < 4.78 is 0. The van der Waals surface area contributed by atoms with Crippen molar-refractivity contribution in [2.45, 2.75) is 56.0 Å². The summed E-state index contributed by atoms with van der Waals surface area (Å²) in [6, 6.07) is 12.5. The van der Waals surface area contributed by atoms with E-state index >= 15 is 0 Å². The van der Waals surface area contributed by atoms with Gasteiger partial charge in [0.1, 0.15) is 0 Å². The quantitative estimate of drug-likeness (QED) is 0.837. The fourth-order valence-electron chi connectivity index (χ4n) is 3.14. The molecule has 0 radical (unpaired) electrons. The molecule has 0 saturated heterocycles. The first kappa shape index (κ1) is 16.3. The van der Waals surface area contributed by atoms with Gasteiger partial charge in [-0.1, -0.05) is 68.1 Å². The lowest BCUT2D eigenvalue weighted by Crippen LogP contribution is -2.36. The second-order valence-electron chi connectivity index (χ2n) is 6.24. The first-order valence-electron chi connectivity index (χ1n) is 8.59. The van der Waals surface area contributed by atoms with Crippen LogP contribution in [0, 0.1) is 0 Å². The lowest BCUT2D eigenvalue weighted by atomic mass is 9.97. The van der Waals surface area contributed by atoms with E-state index in [1.54, 1.807) is 0 Å². The Balaban J connectivity index is 1.51. The molecule has 4 heteroatoms. The fourth-order valence-corrected chi connectivity index (χ4v) is 3.83. The minimum Gasteiger partial charge on any atom is -0.353 e. The van der Waals surface area contributed by atoms with E-state index in [4.69, 9.17) is 0 Å². The van der Waals surface area contributed by atoms with Crippen molar-refractivity contribution in [1.29, 1.82) is 0 Å². The number of fused-ring (bicyclic) bond motifs is 1. The SMILES string of the molecule is O=C(CSc1ccc2ccccc2n1)NC1CCCCCCC1. The van der Waals surface area contributed by atoms with Crippen LogP contribution in [-0.2, 0) is 4.79 Å². The Labute approximate surface area is 142 Å². The molecule has 1 aromatic carbocycles. The van der Waals surface area contributed by atoms with Gasteiger partial charge in [-0.05, 0) is 25.0 Å². The van der Waals surface area contributed by atoms with Crippen LogP contribution in [0.4, 0.5) is 0 Å². The van der Waals surface area contributed by atoms with Gasteiger partial charge in [0.15, 0.2) is 0 Å². The molecule has 1 fully saturated rings. The molecule has 1 aliphatic carbocycles. The molecule has 122 valence electrons. The van der Waals surface area contributed by atoms with Crippen LogP contribution in [0.3, 0.4) is 0 Å². The van der Waals surface area contributed by atoms with Crippen molar-refractivity contribution in [1.82, 2.24) is 10.3 Å². The number of aromatic nitrogens is 1. The molecule has 0 bridgehead atoms. The molecule has 0 atom stereocenters. The lowest BCUT2D eigenvalue weighted by Gasteiger charge is -2.20. The molecule has 0 spiro atoms. The number of hydrogen-bond acceptors (Lipinski definition) is 3. The monoisotopic (exact) mass is 328 g/mol. The molecule has 1 heterocycles. The number of hydrogen-bond donors (Lipinski definition) is 1. The first-order valence-corrected chi connectivity index (χ1v) is 9.58. The van der Waals surface area contributed by atoms with Gasteiger partial charge < -0.3 is 5.32 Å². The van der Waals surface area contributed by atoms with Crippen molar-refractivity contribution >= 4 is 28.6 Å². The number of amides is 1. The van der Waals surface area contributed by atoms with Crippen LogP contribution in [0.2, 0.25) is 0 Å². The molecule has 1 amide bonds. The van der Waals surface area contributed by atoms with Crippen molar-refractivity contribution in [3.8, 4) is 0 Å². The Morgan fingerprint density at radius 3 is 2.61 bits per heavy atom. The Bertz CT molecular complexity index is 651. The van der Waals surface area contributed by atoms with E-state index in [9.17, 15) is 4.79 Å². The van der Waals surface area contributed by atoms with Gasteiger partial charge in [0.2, 0.25) is 5.91 Å². The van der Waals surface area contributed by atoms with Crippen molar-refractivity contribution in [2.24, 2.45) is 0 Å². The van der Waals surface area contributed by atoms with Gasteiger partial charge >= 0.3 is 0 Å². The molecular weight excluding hydrogens is 304 g/mol. The first-order chi connectivity index (χ1) is 11.3. The van der Waals surface area contributed by atoms with Gasteiger partial charge in [0.05, 0.1) is 16.3 Å². The highest BCUT2D eigenvalue weighted by Gasteiger charge is 2.14. The van der Waals surface area contributed by atoms with Gasteiger partial charge in [0.25, 0.3) is 0 Å². The van der Waals surface area contributed by atoms with E-state index in [1.165, 1.54) is 43.9 Å².